The number of aromatic nitrogens is 1. The summed E-state index contributed by atoms with van der Waals surface area (Å²) < 4.78 is 0. The fraction of sp³-hybridized carbons (Fsp3) is 0.364. The van der Waals surface area contributed by atoms with Gasteiger partial charge in [-0.15, -0.1) is 0 Å². The van der Waals surface area contributed by atoms with Crippen molar-refractivity contribution in [3.8, 4) is 0 Å². The summed E-state index contributed by atoms with van der Waals surface area (Å²) in [4.78, 5) is 27.8. The minimum atomic E-state index is -1.25. The lowest BCUT2D eigenvalue weighted by atomic mass is 10.1. The third kappa shape index (κ3) is 3.25. The predicted octanol–water partition coefficient (Wildman–Crippen LogP) is -0.793. The van der Waals surface area contributed by atoms with E-state index >= 15 is 0 Å². The summed E-state index contributed by atoms with van der Waals surface area (Å²) in [6, 6.07) is 1.30. The van der Waals surface area contributed by atoms with Crippen LogP contribution >= 0.6 is 0 Å². The molecule has 0 saturated carbocycles. The first-order chi connectivity index (χ1) is 8.61. The number of aliphatic hydroxyl groups is 2. The maximum absolute atomic E-state index is 12.1. The van der Waals surface area contributed by atoms with Crippen molar-refractivity contribution >= 4 is 11.9 Å². The fourth-order valence-electron chi connectivity index (χ4n) is 1.48. The highest BCUT2D eigenvalue weighted by Gasteiger charge is 2.21. The highest BCUT2D eigenvalue weighted by molar-refractivity contribution is 6.04. The summed E-state index contributed by atoms with van der Waals surface area (Å²) in [5.74, 6) is -1.81. The van der Waals surface area contributed by atoms with Crippen LogP contribution < -0.4 is 0 Å². The van der Waals surface area contributed by atoms with Gasteiger partial charge in [0.25, 0.3) is 5.91 Å². The van der Waals surface area contributed by atoms with Gasteiger partial charge in [-0.2, -0.15) is 0 Å². The molecule has 1 aromatic heterocycles. The number of hydrogen-bond donors (Lipinski definition) is 3. The number of amides is 1. The Morgan fingerprint density at radius 2 is 1.78 bits per heavy atom. The number of carboxylic acids is 1. The molecule has 0 spiro atoms. The van der Waals surface area contributed by atoms with Gasteiger partial charge in [-0.3, -0.25) is 9.78 Å². The molecule has 1 rings (SSSR count). The standard InChI is InChI=1S/C11H14N2O5/c14-5-3-13(4-6-15)10(16)8-1-2-12-7-9(8)11(17)18/h1-2,7,14-15H,3-6H2,(H,17,18). The molecular weight excluding hydrogens is 240 g/mol. The number of carboxylic acid groups (broad SMARTS) is 1. The molecule has 7 nitrogen and oxygen atoms in total. The smallest absolute Gasteiger partial charge is 0.338 e. The van der Waals surface area contributed by atoms with Gasteiger partial charge in [0.15, 0.2) is 0 Å². The van der Waals surface area contributed by atoms with E-state index in [1.165, 1.54) is 17.2 Å². The molecule has 0 aromatic carbocycles. The van der Waals surface area contributed by atoms with Gasteiger partial charge in [-0.05, 0) is 6.07 Å². The quantitative estimate of drug-likeness (QED) is 0.613. The van der Waals surface area contributed by atoms with E-state index in [-0.39, 0.29) is 37.4 Å². The topological polar surface area (TPSA) is 111 Å². The van der Waals surface area contributed by atoms with Gasteiger partial charge in [0.05, 0.1) is 24.3 Å². The molecule has 3 N–H and O–H groups in total. The zero-order chi connectivity index (χ0) is 13.5. The van der Waals surface area contributed by atoms with Crippen molar-refractivity contribution in [2.24, 2.45) is 0 Å². The Kier molecular flexibility index (Phi) is 5.22. The summed E-state index contributed by atoms with van der Waals surface area (Å²) in [6.07, 6.45) is 2.40. The summed E-state index contributed by atoms with van der Waals surface area (Å²) in [5, 5.41) is 26.6. The third-order valence-corrected chi connectivity index (χ3v) is 2.31. The molecule has 7 heteroatoms. The highest BCUT2D eigenvalue weighted by atomic mass is 16.4. The molecule has 0 aliphatic carbocycles. The molecule has 0 fully saturated rings. The van der Waals surface area contributed by atoms with Crippen LogP contribution in [0.5, 0.6) is 0 Å². The molecule has 18 heavy (non-hydrogen) atoms. The normalized spacial score (nSPS) is 10.1. The Morgan fingerprint density at radius 1 is 1.17 bits per heavy atom. The number of nitrogens with zero attached hydrogens (tertiary/aromatic N) is 2. The van der Waals surface area contributed by atoms with Crippen molar-refractivity contribution in [1.82, 2.24) is 9.88 Å². The van der Waals surface area contributed by atoms with Crippen molar-refractivity contribution in [1.29, 1.82) is 0 Å². The maximum atomic E-state index is 12.1. The van der Waals surface area contributed by atoms with E-state index in [0.717, 1.165) is 6.20 Å². The zero-order valence-corrected chi connectivity index (χ0v) is 9.61. The first-order valence-electron chi connectivity index (χ1n) is 5.30. The number of carbonyl (C=O) groups excluding carboxylic acids is 1. The van der Waals surface area contributed by atoms with Crippen molar-refractivity contribution < 1.29 is 24.9 Å². The molecule has 98 valence electrons. The van der Waals surface area contributed by atoms with Gasteiger partial charge in [0, 0.05) is 25.5 Å². The second-order valence-electron chi connectivity index (χ2n) is 3.47. The van der Waals surface area contributed by atoms with Crippen LogP contribution in [0.4, 0.5) is 0 Å². The number of aromatic carboxylic acids is 1. The first kappa shape index (κ1) is 14.1. The molecule has 1 amide bonds. The Morgan fingerprint density at radius 3 is 2.28 bits per heavy atom. The minimum absolute atomic E-state index is 0.0144. The number of carbonyl (C=O) groups is 2. The number of hydrogen-bond acceptors (Lipinski definition) is 5. The largest absolute Gasteiger partial charge is 0.478 e. The van der Waals surface area contributed by atoms with Crippen molar-refractivity contribution in [2.45, 2.75) is 0 Å². The molecule has 0 aliphatic heterocycles. The molecular formula is C11H14N2O5. The van der Waals surface area contributed by atoms with Gasteiger partial charge in [-0.1, -0.05) is 0 Å². The zero-order valence-electron chi connectivity index (χ0n) is 9.61. The number of rotatable bonds is 6. The van der Waals surface area contributed by atoms with Crippen LogP contribution in [0.1, 0.15) is 20.7 Å². The minimum Gasteiger partial charge on any atom is -0.478 e. The molecule has 0 unspecified atom stereocenters. The van der Waals surface area contributed by atoms with Crippen LogP contribution in [-0.2, 0) is 0 Å². The van der Waals surface area contributed by atoms with Gasteiger partial charge < -0.3 is 20.2 Å². The molecule has 1 aromatic rings. The lowest BCUT2D eigenvalue weighted by Crippen LogP contribution is -2.36. The number of aliphatic hydroxyl groups excluding tert-OH is 2. The SMILES string of the molecule is O=C(O)c1cnccc1C(=O)N(CCO)CCO. The van der Waals surface area contributed by atoms with Gasteiger partial charge >= 0.3 is 5.97 Å². The van der Waals surface area contributed by atoms with Crippen LogP contribution in [0.25, 0.3) is 0 Å². The Labute approximate surface area is 103 Å². The van der Waals surface area contributed by atoms with E-state index in [1.807, 2.05) is 0 Å². The summed E-state index contributed by atoms with van der Waals surface area (Å²) >= 11 is 0. The number of pyridine rings is 1. The van der Waals surface area contributed by atoms with Crippen LogP contribution in [-0.4, -0.2) is 63.4 Å². The molecule has 0 radical (unpaired) electrons. The predicted molar refractivity (Wildman–Crippen MR) is 61.3 cm³/mol. The van der Waals surface area contributed by atoms with Crippen molar-refractivity contribution in [3.05, 3.63) is 29.6 Å². The summed E-state index contributed by atoms with van der Waals surface area (Å²) in [6.45, 7) is -0.472. The van der Waals surface area contributed by atoms with Gasteiger partial charge in [0.1, 0.15) is 0 Å². The van der Waals surface area contributed by atoms with E-state index in [0.29, 0.717) is 0 Å². The van der Waals surface area contributed by atoms with Crippen LogP contribution in [0, 0.1) is 0 Å². The average Bonchev–Trinajstić information content (AvgIpc) is 2.37. The molecule has 0 saturated heterocycles. The summed E-state index contributed by atoms with van der Waals surface area (Å²) in [7, 11) is 0. The fourth-order valence-corrected chi connectivity index (χ4v) is 1.48. The van der Waals surface area contributed by atoms with Crippen LogP contribution in [0.2, 0.25) is 0 Å². The van der Waals surface area contributed by atoms with Crippen LogP contribution in [0.3, 0.4) is 0 Å². The first-order valence-corrected chi connectivity index (χ1v) is 5.30. The maximum Gasteiger partial charge on any atom is 0.338 e. The molecule has 0 bridgehead atoms. The van der Waals surface area contributed by atoms with Gasteiger partial charge in [0.2, 0.25) is 0 Å². The van der Waals surface area contributed by atoms with E-state index in [9.17, 15) is 9.59 Å². The summed E-state index contributed by atoms with van der Waals surface area (Å²) in [5.41, 5.74) is -0.220. The molecule has 1 heterocycles. The van der Waals surface area contributed by atoms with Crippen molar-refractivity contribution in [3.63, 3.8) is 0 Å². The highest BCUT2D eigenvalue weighted by Crippen LogP contribution is 2.10. The van der Waals surface area contributed by atoms with E-state index in [2.05, 4.69) is 4.98 Å². The van der Waals surface area contributed by atoms with E-state index < -0.39 is 11.9 Å². The van der Waals surface area contributed by atoms with Crippen molar-refractivity contribution in [2.75, 3.05) is 26.3 Å². The lowest BCUT2D eigenvalue weighted by molar-refractivity contribution is 0.0650. The molecule has 0 aliphatic rings. The Bertz CT molecular complexity index is 429. The van der Waals surface area contributed by atoms with E-state index in [1.54, 1.807) is 0 Å². The second kappa shape index (κ2) is 6.67. The monoisotopic (exact) mass is 254 g/mol. The lowest BCUT2D eigenvalue weighted by Gasteiger charge is -2.21. The van der Waals surface area contributed by atoms with E-state index in [4.69, 9.17) is 15.3 Å². The third-order valence-electron chi connectivity index (χ3n) is 2.31. The second-order valence-corrected chi connectivity index (χ2v) is 3.47. The Hall–Kier alpha value is -1.99. The molecule has 0 atom stereocenters. The van der Waals surface area contributed by atoms with Crippen LogP contribution in [0.15, 0.2) is 18.5 Å². The van der Waals surface area contributed by atoms with Gasteiger partial charge in [-0.25, -0.2) is 4.79 Å². The average molecular weight is 254 g/mol. The Balaban J connectivity index is 3.04.